The van der Waals surface area contributed by atoms with E-state index in [2.05, 4.69) is 19.2 Å². The zero-order chi connectivity index (χ0) is 13.0. The molecule has 0 saturated carbocycles. The predicted octanol–water partition coefficient (Wildman–Crippen LogP) is 2.53. The van der Waals surface area contributed by atoms with Crippen LogP contribution in [0.2, 0.25) is 0 Å². The first kappa shape index (κ1) is 13.6. The van der Waals surface area contributed by atoms with Gasteiger partial charge >= 0.3 is 0 Å². The second-order valence-corrected chi connectivity index (χ2v) is 4.95. The van der Waals surface area contributed by atoms with E-state index in [-0.39, 0.29) is 11.9 Å². The van der Waals surface area contributed by atoms with Gasteiger partial charge in [0.2, 0.25) is 0 Å². The van der Waals surface area contributed by atoms with Crippen molar-refractivity contribution in [3.63, 3.8) is 0 Å². The van der Waals surface area contributed by atoms with Gasteiger partial charge < -0.3 is 10.2 Å². The van der Waals surface area contributed by atoms with Crippen LogP contribution in [0.3, 0.4) is 0 Å². The molecule has 1 N–H and O–H groups in total. The molecule has 0 spiro atoms. The third kappa shape index (κ3) is 3.77. The molecule has 0 aliphatic rings. The fraction of sp³-hybridized carbons (Fsp3) is 0.500. The lowest BCUT2D eigenvalue weighted by molar-refractivity contribution is 0.0930. The summed E-state index contributed by atoms with van der Waals surface area (Å²) >= 11 is 0. The lowest BCUT2D eigenvalue weighted by atomic mass is 10.1. The molecule has 1 aromatic rings. The van der Waals surface area contributed by atoms with Gasteiger partial charge in [-0.3, -0.25) is 4.79 Å². The molecule has 1 aromatic carbocycles. The lowest BCUT2D eigenvalue weighted by Crippen LogP contribution is -2.36. The average molecular weight is 234 g/mol. The van der Waals surface area contributed by atoms with Crippen LogP contribution in [-0.4, -0.2) is 26.0 Å². The van der Waals surface area contributed by atoms with Crippen LogP contribution < -0.4 is 10.2 Å². The monoisotopic (exact) mass is 234 g/mol. The molecule has 0 saturated heterocycles. The molecule has 3 nitrogen and oxygen atoms in total. The topological polar surface area (TPSA) is 32.3 Å². The van der Waals surface area contributed by atoms with Crippen LogP contribution in [0.4, 0.5) is 5.69 Å². The van der Waals surface area contributed by atoms with E-state index in [0.29, 0.717) is 11.5 Å². The molecule has 0 fully saturated rings. The highest BCUT2D eigenvalue weighted by atomic mass is 16.1. The summed E-state index contributed by atoms with van der Waals surface area (Å²) in [4.78, 5) is 13.9. The molecule has 1 unspecified atom stereocenters. The van der Waals surface area contributed by atoms with E-state index in [0.717, 1.165) is 5.69 Å². The second kappa shape index (κ2) is 5.71. The Bertz CT molecular complexity index is 368. The van der Waals surface area contributed by atoms with Gasteiger partial charge in [-0.1, -0.05) is 13.8 Å². The fourth-order valence-electron chi connectivity index (χ4n) is 1.37. The number of hydrogen-bond acceptors (Lipinski definition) is 2. The molecule has 0 heterocycles. The van der Waals surface area contributed by atoms with Crippen molar-refractivity contribution in [1.82, 2.24) is 5.32 Å². The molecule has 1 rings (SSSR count). The summed E-state index contributed by atoms with van der Waals surface area (Å²) in [7, 11) is 3.96. The maximum atomic E-state index is 11.9. The number of carbonyl (C=O) groups is 1. The Morgan fingerprint density at radius 3 is 2.06 bits per heavy atom. The van der Waals surface area contributed by atoms with Crippen molar-refractivity contribution in [3.8, 4) is 0 Å². The fourth-order valence-corrected chi connectivity index (χ4v) is 1.37. The summed E-state index contributed by atoms with van der Waals surface area (Å²) in [5.41, 5.74) is 1.81. The highest BCUT2D eigenvalue weighted by Crippen LogP contribution is 2.12. The molecule has 1 atom stereocenters. The van der Waals surface area contributed by atoms with Crippen molar-refractivity contribution < 1.29 is 4.79 Å². The molecule has 0 aliphatic heterocycles. The molecule has 94 valence electrons. The van der Waals surface area contributed by atoms with E-state index < -0.39 is 0 Å². The van der Waals surface area contributed by atoms with Crippen LogP contribution in [0.15, 0.2) is 24.3 Å². The number of benzene rings is 1. The van der Waals surface area contributed by atoms with Gasteiger partial charge in [0.05, 0.1) is 0 Å². The number of anilines is 1. The largest absolute Gasteiger partial charge is 0.378 e. The van der Waals surface area contributed by atoms with Gasteiger partial charge in [-0.25, -0.2) is 0 Å². The quantitative estimate of drug-likeness (QED) is 0.868. The number of hydrogen-bond donors (Lipinski definition) is 1. The van der Waals surface area contributed by atoms with Gasteiger partial charge in [0, 0.05) is 31.4 Å². The van der Waals surface area contributed by atoms with Crippen molar-refractivity contribution in [2.45, 2.75) is 26.8 Å². The molecule has 0 radical (unpaired) electrons. The molecule has 3 heteroatoms. The highest BCUT2D eigenvalue weighted by molar-refractivity contribution is 5.94. The SMILES string of the molecule is CC(C)C(C)NC(=O)c1ccc(N(C)C)cc1. The van der Waals surface area contributed by atoms with E-state index in [9.17, 15) is 4.79 Å². The van der Waals surface area contributed by atoms with Crippen molar-refractivity contribution >= 4 is 11.6 Å². The Balaban J connectivity index is 2.70. The smallest absolute Gasteiger partial charge is 0.251 e. The maximum absolute atomic E-state index is 11.9. The molecule has 1 amide bonds. The Labute approximate surface area is 104 Å². The Kier molecular flexibility index (Phi) is 4.55. The first-order valence-corrected chi connectivity index (χ1v) is 6.00. The van der Waals surface area contributed by atoms with E-state index in [4.69, 9.17) is 0 Å². The Hall–Kier alpha value is -1.51. The summed E-state index contributed by atoms with van der Waals surface area (Å²) in [5.74, 6) is 0.441. The Morgan fingerprint density at radius 1 is 1.12 bits per heavy atom. The summed E-state index contributed by atoms with van der Waals surface area (Å²) in [5, 5.41) is 2.99. The number of amides is 1. The van der Waals surface area contributed by atoms with Crippen molar-refractivity contribution in [3.05, 3.63) is 29.8 Å². The standard InChI is InChI=1S/C14H22N2O/c1-10(2)11(3)15-14(17)12-6-8-13(9-7-12)16(4)5/h6-11H,1-5H3,(H,15,17). The molecular formula is C14H22N2O. The van der Waals surface area contributed by atoms with Gasteiger partial charge in [-0.2, -0.15) is 0 Å². The second-order valence-electron chi connectivity index (χ2n) is 4.95. The van der Waals surface area contributed by atoms with E-state index >= 15 is 0 Å². The first-order valence-electron chi connectivity index (χ1n) is 6.00. The number of nitrogens with one attached hydrogen (secondary N) is 1. The normalized spacial score (nSPS) is 12.4. The van der Waals surface area contributed by atoms with E-state index in [1.165, 1.54) is 0 Å². The Morgan fingerprint density at radius 2 is 1.65 bits per heavy atom. The van der Waals surface area contributed by atoms with Gasteiger partial charge in [-0.05, 0) is 37.1 Å². The molecule has 0 aliphatic carbocycles. The average Bonchev–Trinajstić information content (AvgIpc) is 2.28. The molecule has 0 bridgehead atoms. The summed E-state index contributed by atoms with van der Waals surface area (Å²) < 4.78 is 0. The minimum absolute atomic E-state index is 0.00324. The zero-order valence-corrected chi connectivity index (χ0v) is 11.3. The van der Waals surface area contributed by atoms with Gasteiger partial charge in [0.15, 0.2) is 0 Å². The van der Waals surface area contributed by atoms with Crippen LogP contribution in [0.1, 0.15) is 31.1 Å². The van der Waals surface area contributed by atoms with Crippen LogP contribution >= 0.6 is 0 Å². The van der Waals surface area contributed by atoms with Gasteiger partial charge in [0.25, 0.3) is 5.91 Å². The zero-order valence-electron chi connectivity index (χ0n) is 11.3. The minimum Gasteiger partial charge on any atom is -0.378 e. The molecule has 0 aromatic heterocycles. The highest BCUT2D eigenvalue weighted by Gasteiger charge is 2.12. The van der Waals surface area contributed by atoms with E-state index in [1.54, 1.807) is 0 Å². The van der Waals surface area contributed by atoms with Crippen LogP contribution in [0.5, 0.6) is 0 Å². The summed E-state index contributed by atoms with van der Waals surface area (Å²) in [6.45, 7) is 6.22. The summed E-state index contributed by atoms with van der Waals surface area (Å²) in [6.07, 6.45) is 0. The van der Waals surface area contributed by atoms with E-state index in [1.807, 2.05) is 50.2 Å². The molecular weight excluding hydrogens is 212 g/mol. The van der Waals surface area contributed by atoms with Crippen molar-refractivity contribution in [1.29, 1.82) is 0 Å². The number of rotatable bonds is 4. The first-order chi connectivity index (χ1) is 7.91. The minimum atomic E-state index is -0.00324. The number of carbonyl (C=O) groups excluding carboxylic acids is 1. The van der Waals surface area contributed by atoms with Crippen LogP contribution in [0.25, 0.3) is 0 Å². The maximum Gasteiger partial charge on any atom is 0.251 e. The lowest BCUT2D eigenvalue weighted by Gasteiger charge is -2.18. The van der Waals surface area contributed by atoms with Crippen molar-refractivity contribution in [2.24, 2.45) is 5.92 Å². The summed E-state index contributed by atoms with van der Waals surface area (Å²) in [6, 6.07) is 7.82. The third-order valence-corrected chi connectivity index (χ3v) is 3.00. The predicted molar refractivity (Wildman–Crippen MR) is 72.5 cm³/mol. The van der Waals surface area contributed by atoms with Crippen molar-refractivity contribution in [2.75, 3.05) is 19.0 Å². The number of nitrogens with zero attached hydrogens (tertiary/aromatic N) is 1. The van der Waals surface area contributed by atoms with Crippen LogP contribution in [0, 0.1) is 5.92 Å². The molecule has 17 heavy (non-hydrogen) atoms. The third-order valence-electron chi connectivity index (χ3n) is 3.00. The van der Waals surface area contributed by atoms with Gasteiger partial charge in [0.1, 0.15) is 0 Å². The van der Waals surface area contributed by atoms with Gasteiger partial charge in [-0.15, -0.1) is 0 Å². The van der Waals surface area contributed by atoms with Crippen LogP contribution in [-0.2, 0) is 0 Å².